The van der Waals surface area contributed by atoms with E-state index in [9.17, 15) is 5.11 Å². The van der Waals surface area contributed by atoms with Crippen molar-refractivity contribution in [3.05, 3.63) is 11.7 Å². The lowest BCUT2D eigenvalue weighted by Crippen LogP contribution is -2.30. The van der Waals surface area contributed by atoms with Crippen LogP contribution in [0.5, 0.6) is 0 Å². The van der Waals surface area contributed by atoms with Gasteiger partial charge >= 0.3 is 0 Å². The van der Waals surface area contributed by atoms with E-state index in [1.165, 1.54) is 0 Å². The summed E-state index contributed by atoms with van der Waals surface area (Å²) in [6.45, 7) is 1.32. The standard InChI is InChI=1S/C9H14N2O4/c1-13-5-8-10-9(15-11-8)6-4-14-3-2-7(6)12/h6-7,12H,2-5H2,1H3. The predicted molar refractivity (Wildman–Crippen MR) is 49.2 cm³/mol. The van der Waals surface area contributed by atoms with Crippen LogP contribution in [0.4, 0.5) is 0 Å². The Morgan fingerprint density at radius 1 is 1.60 bits per heavy atom. The zero-order chi connectivity index (χ0) is 10.7. The number of aromatic nitrogens is 2. The summed E-state index contributed by atoms with van der Waals surface area (Å²) in [7, 11) is 1.56. The molecule has 0 radical (unpaired) electrons. The topological polar surface area (TPSA) is 77.6 Å². The van der Waals surface area contributed by atoms with Crippen molar-refractivity contribution in [3.63, 3.8) is 0 Å². The van der Waals surface area contributed by atoms with Crippen molar-refractivity contribution >= 4 is 0 Å². The third-order valence-corrected chi connectivity index (χ3v) is 2.39. The highest BCUT2D eigenvalue weighted by Gasteiger charge is 2.30. The van der Waals surface area contributed by atoms with E-state index in [0.29, 0.717) is 38.0 Å². The quantitative estimate of drug-likeness (QED) is 0.767. The molecule has 0 bridgehead atoms. The lowest BCUT2D eigenvalue weighted by atomic mass is 9.99. The van der Waals surface area contributed by atoms with E-state index in [-0.39, 0.29) is 5.92 Å². The molecule has 1 N–H and O–H groups in total. The molecule has 1 aromatic rings. The van der Waals surface area contributed by atoms with Crippen LogP contribution in [-0.4, -0.2) is 41.7 Å². The summed E-state index contributed by atoms with van der Waals surface area (Å²) in [6.07, 6.45) is 0.140. The van der Waals surface area contributed by atoms with Crippen LogP contribution in [0.25, 0.3) is 0 Å². The Labute approximate surface area is 87.2 Å². The SMILES string of the molecule is COCc1noc(C2COCCC2O)n1. The summed E-state index contributed by atoms with van der Waals surface area (Å²) in [6, 6.07) is 0. The molecule has 0 aromatic carbocycles. The predicted octanol–water partition coefficient (Wildman–Crippen LogP) is 0.0808. The van der Waals surface area contributed by atoms with Gasteiger partial charge in [-0.3, -0.25) is 0 Å². The van der Waals surface area contributed by atoms with Crippen LogP contribution in [-0.2, 0) is 16.1 Å². The maximum absolute atomic E-state index is 9.72. The molecular formula is C9H14N2O4. The molecule has 1 aliphatic rings. The van der Waals surface area contributed by atoms with Crippen molar-refractivity contribution in [1.29, 1.82) is 0 Å². The molecule has 84 valence electrons. The molecule has 1 saturated heterocycles. The van der Waals surface area contributed by atoms with Gasteiger partial charge in [-0.05, 0) is 6.42 Å². The van der Waals surface area contributed by atoms with E-state index in [1.807, 2.05) is 0 Å². The lowest BCUT2D eigenvalue weighted by molar-refractivity contribution is -0.0149. The molecule has 2 rings (SSSR count). The molecular weight excluding hydrogens is 200 g/mol. The lowest BCUT2D eigenvalue weighted by Gasteiger charge is -2.24. The van der Waals surface area contributed by atoms with Crippen molar-refractivity contribution in [2.75, 3.05) is 20.3 Å². The maximum atomic E-state index is 9.72. The molecule has 0 amide bonds. The van der Waals surface area contributed by atoms with Gasteiger partial charge in [0.05, 0.1) is 18.6 Å². The van der Waals surface area contributed by atoms with Gasteiger partial charge < -0.3 is 19.1 Å². The van der Waals surface area contributed by atoms with Gasteiger partial charge in [0, 0.05) is 13.7 Å². The van der Waals surface area contributed by atoms with E-state index >= 15 is 0 Å². The number of ether oxygens (including phenoxy) is 2. The number of rotatable bonds is 3. The Hall–Kier alpha value is -0.980. The first-order valence-electron chi connectivity index (χ1n) is 4.88. The van der Waals surface area contributed by atoms with E-state index < -0.39 is 6.10 Å². The molecule has 15 heavy (non-hydrogen) atoms. The van der Waals surface area contributed by atoms with Gasteiger partial charge in [-0.25, -0.2) is 0 Å². The van der Waals surface area contributed by atoms with Crippen LogP contribution in [0.2, 0.25) is 0 Å². The molecule has 2 atom stereocenters. The number of hydrogen-bond acceptors (Lipinski definition) is 6. The van der Waals surface area contributed by atoms with E-state index in [4.69, 9.17) is 14.0 Å². The normalized spacial score (nSPS) is 26.8. The molecule has 6 nitrogen and oxygen atoms in total. The van der Waals surface area contributed by atoms with Gasteiger partial charge in [0.15, 0.2) is 5.82 Å². The smallest absolute Gasteiger partial charge is 0.234 e. The van der Waals surface area contributed by atoms with Crippen LogP contribution >= 0.6 is 0 Å². The highest BCUT2D eigenvalue weighted by Crippen LogP contribution is 2.24. The number of methoxy groups -OCH3 is 1. The largest absolute Gasteiger partial charge is 0.392 e. The number of aliphatic hydroxyl groups excluding tert-OH is 1. The second-order valence-electron chi connectivity index (χ2n) is 3.52. The Bertz CT molecular complexity index is 315. The highest BCUT2D eigenvalue weighted by molar-refractivity contribution is 4.98. The van der Waals surface area contributed by atoms with E-state index in [1.54, 1.807) is 7.11 Å². The summed E-state index contributed by atoms with van der Waals surface area (Å²) in [5, 5.41) is 13.5. The zero-order valence-electron chi connectivity index (χ0n) is 8.55. The molecule has 2 heterocycles. The average Bonchev–Trinajstić information content (AvgIpc) is 2.68. The Balaban J connectivity index is 2.06. The van der Waals surface area contributed by atoms with Crippen LogP contribution in [0.15, 0.2) is 4.52 Å². The number of aliphatic hydroxyl groups is 1. The summed E-state index contributed by atoms with van der Waals surface area (Å²) >= 11 is 0. The molecule has 1 fully saturated rings. The second-order valence-corrected chi connectivity index (χ2v) is 3.52. The van der Waals surface area contributed by atoms with Crippen molar-refractivity contribution < 1.29 is 19.1 Å². The van der Waals surface area contributed by atoms with Gasteiger partial charge in [-0.1, -0.05) is 5.16 Å². The second kappa shape index (κ2) is 4.69. The minimum Gasteiger partial charge on any atom is -0.392 e. The Morgan fingerprint density at radius 3 is 3.20 bits per heavy atom. The zero-order valence-corrected chi connectivity index (χ0v) is 8.55. The number of hydrogen-bond donors (Lipinski definition) is 1. The Morgan fingerprint density at radius 2 is 2.47 bits per heavy atom. The van der Waals surface area contributed by atoms with Crippen molar-refractivity contribution in [3.8, 4) is 0 Å². The van der Waals surface area contributed by atoms with Crippen LogP contribution in [0, 0.1) is 0 Å². The van der Waals surface area contributed by atoms with E-state index in [0.717, 1.165) is 0 Å². The van der Waals surface area contributed by atoms with E-state index in [2.05, 4.69) is 10.1 Å². The third-order valence-electron chi connectivity index (χ3n) is 2.39. The molecule has 2 unspecified atom stereocenters. The fraction of sp³-hybridized carbons (Fsp3) is 0.778. The molecule has 1 aliphatic heterocycles. The molecule has 1 aromatic heterocycles. The summed E-state index contributed by atoms with van der Waals surface area (Å²) in [5.74, 6) is 0.705. The highest BCUT2D eigenvalue weighted by atomic mass is 16.5. The molecule has 0 aliphatic carbocycles. The Kier molecular flexibility index (Phi) is 3.30. The average molecular weight is 214 g/mol. The van der Waals surface area contributed by atoms with Crippen LogP contribution < -0.4 is 0 Å². The first-order chi connectivity index (χ1) is 7.31. The van der Waals surface area contributed by atoms with Gasteiger partial charge in [-0.15, -0.1) is 0 Å². The van der Waals surface area contributed by atoms with Crippen molar-refractivity contribution in [2.45, 2.75) is 25.0 Å². The molecule has 0 spiro atoms. The van der Waals surface area contributed by atoms with Gasteiger partial charge in [0.25, 0.3) is 0 Å². The first kappa shape index (κ1) is 10.5. The minimum absolute atomic E-state index is 0.211. The summed E-state index contributed by atoms with van der Waals surface area (Å²) in [5.41, 5.74) is 0. The first-order valence-corrected chi connectivity index (χ1v) is 4.88. The van der Waals surface area contributed by atoms with Gasteiger partial charge in [0.2, 0.25) is 5.89 Å². The summed E-state index contributed by atoms with van der Waals surface area (Å²) in [4.78, 5) is 4.13. The molecule has 6 heteroatoms. The van der Waals surface area contributed by atoms with Gasteiger partial charge in [-0.2, -0.15) is 4.98 Å². The minimum atomic E-state index is -0.463. The third kappa shape index (κ3) is 2.34. The monoisotopic (exact) mass is 214 g/mol. The van der Waals surface area contributed by atoms with Crippen molar-refractivity contribution in [1.82, 2.24) is 10.1 Å². The van der Waals surface area contributed by atoms with Crippen LogP contribution in [0.3, 0.4) is 0 Å². The van der Waals surface area contributed by atoms with Crippen LogP contribution in [0.1, 0.15) is 24.1 Å². The van der Waals surface area contributed by atoms with Gasteiger partial charge in [0.1, 0.15) is 6.61 Å². The molecule has 0 saturated carbocycles. The van der Waals surface area contributed by atoms with Crippen molar-refractivity contribution in [2.24, 2.45) is 0 Å². The number of nitrogens with zero attached hydrogens (tertiary/aromatic N) is 2. The summed E-state index contributed by atoms with van der Waals surface area (Å²) < 4.78 is 15.2. The fourth-order valence-electron chi connectivity index (χ4n) is 1.57. The maximum Gasteiger partial charge on any atom is 0.234 e. The fourth-order valence-corrected chi connectivity index (χ4v) is 1.57.